The predicted molar refractivity (Wildman–Crippen MR) is 67.1 cm³/mol. The molecule has 1 aromatic carbocycles. The highest BCUT2D eigenvalue weighted by Crippen LogP contribution is 2.21. The van der Waals surface area contributed by atoms with Crippen LogP contribution in [0.5, 0.6) is 0 Å². The molecule has 0 spiro atoms. The zero-order valence-corrected chi connectivity index (χ0v) is 10.6. The molecule has 0 saturated heterocycles. The first-order valence-corrected chi connectivity index (χ1v) is 6.38. The molecule has 2 rings (SSSR count). The fourth-order valence-electron chi connectivity index (χ4n) is 1.15. The summed E-state index contributed by atoms with van der Waals surface area (Å²) in [6.07, 6.45) is 1.89. The molecular formula is C10H7Cl2N3S. The third-order valence-corrected chi connectivity index (χ3v) is 2.84. The molecule has 0 amide bonds. The van der Waals surface area contributed by atoms with E-state index in [1.165, 1.54) is 11.8 Å². The average molecular weight is 272 g/mol. The van der Waals surface area contributed by atoms with E-state index in [0.717, 1.165) is 5.56 Å². The molecule has 0 unspecified atom stereocenters. The molecule has 16 heavy (non-hydrogen) atoms. The van der Waals surface area contributed by atoms with Crippen LogP contribution in [0.15, 0.2) is 29.4 Å². The number of halogens is 2. The summed E-state index contributed by atoms with van der Waals surface area (Å²) >= 11 is 13.0. The number of aromatic nitrogens is 3. The van der Waals surface area contributed by atoms with Crippen molar-refractivity contribution in [1.29, 1.82) is 0 Å². The number of hydrogen-bond donors (Lipinski definition) is 0. The molecule has 0 radical (unpaired) electrons. The van der Waals surface area contributed by atoms with Crippen LogP contribution in [0.3, 0.4) is 0 Å². The second-order valence-corrected chi connectivity index (χ2v) is 4.47. The second kappa shape index (κ2) is 4.99. The number of nitrogens with zero attached hydrogens (tertiary/aromatic N) is 3. The molecule has 0 saturated carbocycles. The lowest BCUT2D eigenvalue weighted by atomic mass is 10.2. The lowest BCUT2D eigenvalue weighted by Gasteiger charge is -2.02. The lowest BCUT2D eigenvalue weighted by molar-refractivity contribution is 0.915. The van der Waals surface area contributed by atoms with Gasteiger partial charge < -0.3 is 0 Å². The molecular weight excluding hydrogens is 265 g/mol. The molecule has 0 aliphatic heterocycles. The van der Waals surface area contributed by atoms with E-state index in [0.29, 0.717) is 16.0 Å². The summed E-state index contributed by atoms with van der Waals surface area (Å²) < 4.78 is 0. The van der Waals surface area contributed by atoms with Gasteiger partial charge in [-0.25, -0.2) is 4.98 Å². The quantitative estimate of drug-likeness (QED) is 0.783. The van der Waals surface area contributed by atoms with Crippen molar-refractivity contribution in [2.75, 3.05) is 6.26 Å². The maximum Gasteiger partial charge on any atom is 0.226 e. The van der Waals surface area contributed by atoms with Crippen molar-refractivity contribution in [1.82, 2.24) is 15.0 Å². The highest BCUT2D eigenvalue weighted by Gasteiger charge is 2.06. The molecule has 0 N–H and O–H groups in total. The van der Waals surface area contributed by atoms with Gasteiger partial charge in [-0.2, -0.15) is 9.97 Å². The Bertz CT molecular complexity index is 502. The summed E-state index contributed by atoms with van der Waals surface area (Å²) in [4.78, 5) is 12.3. The minimum atomic E-state index is 0.198. The van der Waals surface area contributed by atoms with Crippen molar-refractivity contribution in [2.45, 2.75) is 5.16 Å². The van der Waals surface area contributed by atoms with E-state index in [9.17, 15) is 0 Å². The molecule has 3 nitrogen and oxygen atoms in total. The molecule has 0 aliphatic rings. The van der Waals surface area contributed by atoms with Gasteiger partial charge in [-0.3, -0.25) is 0 Å². The number of hydrogen-bond acceptors (Lipinski definition) is 4. The van der Waals surface area contributed by atoms with Crippen molar-refractivity contribution in [2.24, 2.45) is 0 Å². The van der Waals surface area contributed by atoms with Gasteiger partial charge in [0.05, 0.1) is 0 Å². The summed E-state index contributed by atoms with van der Waals surface area (Å²) in [5.41, 5.74) is 0.865. The highest BCUT2D eigenvalue weighted by molar-refractivity contribution is 7.98. The predicted octanol–water partition coefficient (Wildman–Crippen LogP) is 3.57. The van der Waals surface area contributed by atoms with E-state index in [2.05, 4.69) is 15.0 Å². The highest BCUT2D eigenvalue weighted by atomic mass is 35.5. The number of rotatable bonds is 2. The largest absolute Gasteiger partial charge is 0.226 e. The van der Waals surface area contributed by atoms with Crippen LogP contribution in [0.4, 0.5) is 0 Å². The summed E-state index contributed by atoms with van der Waals surface area (Å²) in [6, 6.07) is 7.26. The normalized spacial score (nSPS) is 10.4. The maximum absolute atomic E-state index is 5.81. The average Bonchev–Trinajstić information content (AvgIpc) is 2.29. The van der Waals surface area contributed by atoms with Gasteiger partial charge in [0.2, 0.25) is 5.28 Å². The SMILES string of the molecule is CSc1nc(Cl)nc(-c2ccc(Cl)cc2)n1. The first-order valence-electron chi connectivity index (χ1n) is 4.40. The zero-order chi connectivity index (χ0) is 11.5. The molecule has 0 aliphatic carbocycles. The van der Waals surface area contributed by atoms with E-state index < -0.39 is 0 Å². The lowest BCUT2D eigenvalue weighted by Crippen LogP contribution is -1.95. The van der Waals surface area contributed by atoms with E-state index in [1.54, 1.807) is 12.1 Å². The minimum absolute atomic E-state index is 0.198. The Hall–Kier alpha value is -0.840. The van der Waals surface area contributed by atoms with Crippen LogP contribution in [-0.2, 0) is 0 Å². The molecule has 0 fully saturated rings. The van der Waals surface area contributed by atoms with Crippen LogP contribution in [0.2, 0.25) is 10.3 Å². The Morgan fingerprint density at radius 1 is 1.00 bits per heavy atom. The molecule has 0 atom stereocenters. The van der Waals surface area contributed by atoms with Crippen LogP contribution < -0.4 is 0 Å². The van der Waals surface area contributed by atoms with Crippen molar-refractivity contribution >= 4 is 35.0 Å². The Kier molecular flexibility index (Phi) is 3.63. The number of thioether (sulfide) groups is 1. The van der Waals surface area contributed by atoms with Gasteiger partial charge >= 0.3 is 0 Å². The van der Waals surface area contributed by atoms with Gasteiger partial charge in [0.15, 0.2) is 11.0 Å². The fourth-order valence-corrected chi connectivity index (χ4v) is 1.84. The van der Waals surface area contributed by atoms with Gasteiger partial charge in [-0.15, -0.1) is 0 Å². The monoisotopic (exact) mass is 271 g/mol. The van der Waals surface area contributed by atoms with E-state index in [4.69, 9.17) is 23.2 Å². The summed E-state index contributed by atoms with van der Waals surface area (Å²) in [6.45, 7) is 0. The van der Waals surface area contributed by atoms with Crippen molar-refractivity contribution in [3.05, 3.63) is 34.6 Å². The van der Waals surface area contributed by atoms with Crippen LogP contribution >= 0.6 is 35.0 Å². The van der Waals surface area contributed by atoms with Crippen LogP contribution in [-0.4, -0.2) is 21.2 Å². The van der Waals surface area contributed by atoms with E-state index >= 15 is 0 Å². The Morgan fingerprint density at radius 3 is 2.31 bits per heavy atom. The van der Waals surface area contributed by atoms with Crippen LogP contribution in [0, 0.1) is 0 Å². The Balaban J connectivity index is 2.47. The summed E-state index contributed by atoms with van der Waals surface area (Å²) in [5.74, 6) is 0.556. The molecule has 1 heterocycles. The standard InChI is InChI=1S/C10H7Cl2N3S/c1-16-10-14-8(13-9(12)15-10)6-2-4-7(11)5-3-6/h2-5H,1H3. The topological polar surface area (TPSA) is 38.7 Å². The summed E-state index contributed by atoms with van der Waals surface area (Å²) in [5, 5.41) is 1.48. The molecule has 1 aromatic heterocycles. The van der Waals surface area contributed by atoms with Gasteiger partial charge in [-0.05, 0) is 42.1 Å². The first kappa shape index (κ1) is 11.6. The van der Waals surface area contributed by atoms with Crippen LogP contribution in [0.25, 0.3) is 11.4 Å². The first-order chi connectivity index (χ1) is 7.69. The van der Waals surface area contributed by atoms with Crippen molar-refractivity contribution < 1.29 is 0 Å². The molecule has 82 valence electrons. The number of benzene rings is 1. The zero-order valence-electron chi connectivity index (χ0n) is 8.32. The van der Waals surface area contributed by atoms with E-state index in [-0.39, 0.29) is 5.28 Å². The maximum atomic E-state index is 5.81. The van der Waals surface area contributed by atoms with E-state index in [1.807, 2.05) is 18.4 Å². The third kappa shape index (κ3) is 2.64. The van der Waals surface area contributed by atoms with Gasteiger partial charge in [0, 0.05) is 10.6 Å². The smallest absolute Gasteiger partial charge is 0.202 e. The second-order valence-electron chi connectivity index (χ2n) is 2.92. The van der Waals surface area contributed by atoms with Gasteiger partial charge in [-0.1, -0.05) is 23.4 Å². The Labute approximate surface area is 107 Å². The molecule has 0 bridgehead atoms. The van der Waals surface area contributed by atoms with Crippen molar-refractivity contribution in [3.8, 4) is 11.4 Å². The van der Waals surface area contributed by atoms with Crippen LogP contribution in [0.1, 0.15) is 0 Å². The van der Waals surface area contributed by atoms with Gasteiger partial charge in [0.25, 0.3) is 0 Å². The third-order valence-electron chi connectivity index (χ3n) is 1.87. The molecule has 2 aromatic rings. The summed E-state index contributed by atoms with van der Waals surface area (Å²) in [7, 11) is 0. The molecule has 6 heteroatoms. The van der Waals surface area contributed by atoms with Crippen molar-refractivity contribution in [3.63, 3.8) is 0 Å². The minimum Gasteiger partial charge on any atom is -0.202 e. The fraction of sp³-hybridized carbons (Fsp3) is 0.100. The van der Waals surface area contributed by atoms with Gasteiger partial charge in [0.1, 0.15) is 0 Å². The Morgan fingerprint density at radius 2 is 1.69 bits per heavy atom.